The number of fused-ring (bicyclic) bond motifs is 12. The third kappa shape index (κ3) is 45.0. The van der Waals surface area contributed by atoms with Crippen LogP contribution in [0.15, 0.2) is 0 Å². The molecule has 0 unspecified atom stereocenters. The standard InChI is InChI=1S/4C6H12N2.4C4H11Si.4Li/c4*1-2-8-5-3-7(1)4-6-8;4*1-5(2,3)4;;;;/h4*1-6H2;4*1H2,2-4H3;;;;/q;;;;4*-1;4*+1. The molecular formula is C40H92Li4N8Si4. The number of piperazine rings is 12. The molecule has 16 heteroatoms. The molecule has 0 aromatic heterocycles. The largest absolute Gasteiger partial charge is 1.00 e. The molecule has 12 saturated heterocycles. The van der Waals surface area contributed by atoms with Crippen LogP contribution < -0.4 is 75.4 Å². The van der Waals surface area contributed by atoms with Crippen LogP contribution in [0.2, 0.25) is 78.6 Å². The van der Waals surface area contributed by atoms with E-state index in [2.05, 4.69) is 144 Å². The maximum Gasteiger partial charge on any atom is 1.00 e. The zero-order valence-corrected chi connectivity index (χ0v) is 45.4. The fraction of sp³-hybridized carbons (Fsp3) is 0.900. The maximum absolute atomic E-state index is 3.91. The van der Waals surface area contributed by atoms with Gasteiger partial charge in [0.1, 0.15) is 0 Å². The van der Waals surface area contributed by atoms with E-state index in [9.17, 15) is 0 Å². The molecule has 0 saturated carbocycles. The van der Waals surface area contributed by atoms with Crippen molar-refractivity contribution in [2.45, 2.75) is 78.6 Å². The fourth-order valence-electron chi connectivity index (χ4n) is 6.08. The molecule has 8 nitrogen and oxygen atoms in total. The Hall–Kier alpha value is 2.94. The second-order valence-corrected chi connectivity index (χ2v) is 41.5. The van der Waals surface area contributed by atoms with Gasteiger partial charge in [-0.1, -0.05) is 78.6 Å². The summed E-state index contributed by atoms with van der Waals surface area (Å²) in [7, 11) is -3.44. The smallest absolute Gasteiger partial charge is 0.342 e. The van der Waals surface area contributed by atoms with E-state index in [-0.39, 0.29) is 75.4 Å². The maximum atomic E-state index is 3.91. The fourth-order valence-corrected chi connectivity index (χ4v) is 6.08. The minimum atomic E-state index is -0.861. The van der Waals surface area contributed by atoms with Crippen LogP contribution >= 0.6 is 0 Å². The van der Waals surface area contributed by atoms with Gasteiger partial charge in [0.2, 0.25) is 0 Å². The minimum absolute atomic E-state index is 0. The summed E-state index contributed by atoms with van der Waals surface area (Å²) >= 11 is 0. The molecule has 12 aliphatic heterocycles. The average molecular weight is 825 g/mol. The topological polar surface area (TPSA) is 25.9 Å². The van der Waals surface area contributed by atoms with Crippen LogP contribution in [0, 0.1) is 26.2 Å². The molecule has 312 valence electrons. The van der Waals surface area contributed by atoms with Gasteiger partial charge in [0.25, 0.3) is 0 Å². The molecule has 0 N–H and O–H groups in total. The van der Waals surface area contributed by atoms with Crippen LogP contribution in [0.3, 0.4) is 0 Å². The van der Waals surface area contributed by atoms with Gasteiger partial charge in [-0.2, -0.15) is 0 Å². The molecular weight excluding hydrogens is 733 g/mol. The number of nitrogens with zero attached hydrogens (tertiary/aromatic N) is 8. The van der Waals surface area contributed by atoms with Gasteiger partial charge in [0, 0.05) is 157 Å². The van der Waals surface area contributed by atoms with Crippen LogP contribution in [0.25, 0.3) is 0 Å². The summed E-state index contributed by atoms with van der Waals surface area (Å²) in [5.41, 5.74) is 0. The first-order chi connectivity index (χ1) is 23.8. The molecule has 0 aromatic carbocycles. The predicted molar refractivity (Wildman–Crippen MR) is 246 cm³/mol. The SMILES string of the molecule is C1CN2CCN1CC2.C1CN2CCN1CC2.C1CN2CCN1CC2.C1CN2CCN1CC2.[CH2-][Si](C)(C)C.[CH2-][Si](C)(C)C.[CH2-][Si](C)(C)C.[CH2-][Si](C)(C)C.[Li+].[Li+].[Li+].[Li+]. The quantitative estimate of drug-likeness (QED) is 0.176. The third-order valence-corrected chi connectivity index (χ3v) is 8.79. The Balaban J connectivity index is -0.000000277. The van der Waals surface area contributed by atoms with Gasteiger partial charge >= 0.3 is 75.4 Å². The Bertz CT molecular complexity index is 631. The molecule has 12 fully saturated rings. The molecule has 0 radical (unpaired) electrons. The van der Waals surface area contributed by atoms with Crippen molar-refractivity contribution in [3.8, 4) is 0 Å². The van der Waals surface area contributed by atoms with E-state index >= 15 is 0 Å². The average Bonchev–Trinajstić information content (AvgIpc) is 3.06. The van der Waals surface area contributed by atoms with E-state index in [4.69, 9.17) is 0 Å². The van der Waals surface area contributed by atoms with E-state index in [0.717, 1.165) is 0 Å². The van der Waals surface area contributed by atoms with Crippen molar-refractivity contribution >= 4 is 32.3 Å². The number of hydrogen-bond donors (Lipinski definition) is 0. The molecule has 0 spiro atoms. The summed E-state index contributed by atoms with van der Waals surface area (Å²) in [4.78, 5) is 20.3. The molecule has 0 atom stereocenters. The van der Waals surface area contributed by atoms with Crippen molar-refractivity contribution < 1.29 is 75.4 Å². The van der Waals surface area contributed by atoms with Crippen molar-refractivity contribution in [2.24, 2.45) is 0 Å². The summed E-state index contributed by atoms with van der Waals surface area (Å²) in [6, 6.07) is 0. The Kier molecular flexibility index (Phi) is 39.2. The molecule has 8 bridgehead atoms. The van der Waals surface area contributed by atoms with Crippen molar-refractivity contribution in [1.29, 1.82) is 0 Å². The van der Waals surface area contributed by atoms with Crippen LogP contribution in [-0.2, 0) is 0 Å². The first-order valence-corrected chi connectivity index (χ1v) is 35.8. The van der Waals surface area contributed by atoms with E-state index < -0.39 is 32.3 Å². The molecule has 12 heterocycles. The molecule has 56 heavy (non-hydrogen) atoms. The summed E-state index contributed by atoms with van der Waals surface area (Å²) in [6.45, 7) is 73.9. The van der Waals surface area contributed by atoms with E-state index in [1.807, 2.05) is 0 Å². The second kappa shape index (κ2) is 33.4. The van der Waals surface area contributed by atoms with E-state index in [1.165, 1.54) is 157 Å². The van der Waals surface area contributed by atoms with Crippen LogP contribution in [0.5, 0.6) is 0 Å². The number of rotatable bonds is 0. The molecule has 0 amide bonds. The summed E-state index contributed by atoms with van der Waals surface area (Å²) < 4.78 is 0. The van der Waals surface area contributed by atoms with Crippen molar-refractivity contribution in [3.05, 3.63) is 26.2 Å². The first-order valence-electron chi connectivity index (χ1n) is 21.0. The number of hydrogen-bond acceptors (Lipinski definition) is 8. The van der Waals surface area contributed by atoms with E-state index in [1.54, 1.807) is 0 Å². The normalized spacial score (nSPS) is 30.0. The molecule has 12 rings (SSSR count). The minimum Gasteiger partial charge on any atom is -0.342 e. The molecule has 0 aromatic rings. The van der Waals surface area contributed by atoms with Gasteiger partial charge < -0.3 is 26.2 Å². The Morgan fingerprint density at radius 2 is 0.232 bits per heavy atom. The monoisotopic (exact) mass is 825 g/mol. The van der Waals surface area contributed by atoms with Crippen LogP contribution in [-0.4, -0.2) is 229 Å². The van der Waals surface area contributed by atoms with Gasteiger partial charge in [-0.3, -0.25) is 39.2 Å². The van der Waals surface area contributed by atoms with Crippen LogP contribution in [0.4, 0.5) is 0 Å². The summed E-state index contributed by atoms with van der Waals surface area (Å²) in [6.07, 6.45) is 0. The molecule has 12 aliphatic rings. The van der Waals surface area contributed by atoms with Gasteiger partial charge in [-0.15, -0.1) is 32.3 Å². The van der Waals surface area contributed by atoms with Gasteiger partial charge in [0.15, 0.2) is 0 Å². The summed E-state index contributed by atoms with van der Waals surface area (Å²) in [5.74, 6) is 0. The molecule has 0 aliphatic carbocycles. The second-order valence-electron chi connectivity index (χ2n) is 21.0. The van der Waals surface area contributed by atoms with Crippen molar-refractivity contribution in [3.63, 3.8) is 0 Å². The van der Waals surface area contributed by atoms with Crippen molar-refractivity contribution in [2.75, 3.05) is 157 Å². The predicted octanol–water partition coefficient (Wildman–Crippen LogP) is -6.72. The summed E-state index contributed by atoms with van der Waals surface area (Å²) in [5, 5.41) is 0. The van der Waals surface area contributed by atoms with Gasteiger partial charge in [0.05, 0.1) is 0 Å². The van der Waals surface area contributed by atoms with Gasteiger partial charge in [-0.05, 0) is 0 Å². The van der Waals surface area contributed by atoms with E-state index in [0.29, 0.717) is 0 Å². The third-order valence-electron chi connectivity index (χ3n) is 8.79. The first kappa shape index (κ1) is 65.5. The van der Waals surface area contributed by atoms with Gasteiger partial charge in [-0.25, -0.2) is 0 Å². The van der Waals surface area contributed by atoms with Crippen molar-refractivity contribution in [1.82, 2.24) is 39.2 Å². The van der Waals surface area contributed by atoms with Crippen LogP contribution in [0.1, 0.15) is 0 Å². The Morgan fingerprint density at radius 1 is 0.196 bits per heavy atom. The zero-order chi connectivity index (χ0) is 39.6. The Morgan fingerprint density at radius 3 is 0.250 bits per heavy atom. The Labute approximate surface area is 405 Å². The zero-order valence-electron chi connectivity index (χ0n) is 41.4.